The van der Waals surface area contributed by atoms with Crippen LogP contribution in [-0.4, -0.2) is 33.8 Å². The van der Waals surface area contributed by atoms with E-state index in [-0.39, 0.29) is 30.5 Å². The Morgan fingerprint density at radius 1 is 0.688 bits per heavy atom. The number of rotatable bonds is 9. The van der Waals surface area contributed by atoms with Crippen molar-refractivity contribution >= 4 is 11.4 Å². The van der Waals surface area contributed by atoms with Gasteiger partial charge in [-0.05, 0) is 60.1 Å². The normalized spacial score (nSPS) is 12.2. The van der Waals surface area contributed by atoms with E-state index in [1.54, 1.807) is 14.2 Å². The first-order chi connectivity index (χ1) is 14.9. The van der Waals surface area contributed by atoms with Crippen molar-refractivity contribution in [2.45, 2.75) is 72.3 Å². The van der Waals surface area contributed by atoms with Gasteiger partial charge in [0.05, 0.1) is 11.4 Å². The molecule has 0 N–H and O–H groups in total. The van der Waals surface area contributed by atoms with Gasteiger partial charge in [-0.3, -0.25) is 0 Å². The molecule has 0 atom stereocenters. The summed E-state index contributed by atoms with van der Waals surface area (Å²) in [6.07, 6.45) is 0. The molecule has 0 saturated carbocycles. The fraction of sp³-hybridized carbons (Fsp3) is 0.556. The lowest BCUT2D eigenvalue weighted by atomic mass is 9.86. The average molecular weight is 444 g/mol. The lowest BCUT2D eigenvalue weighted by Crippen LogP contribution is -2.28. The largest absolute Gasteiger partial charge is 0.465 e. The third-order valence-electron chi connectivity index (χ3n) is 5.35. The molecule has 178 valence electrons. The standard InChI is InChI=1S/C27H41NO4/c1-19(2)28(22-15-20(26(3,4)5)11-13-24(22)31-17-29-9)23-16-21(27(6,7)8)12-14-25(23)32-18-30-10/h11-16,19H,17-18H2,1-10H3. The summed E-state index contributed by atoms with van der Waals surface area (Å²) < 4.78 is 22.4. The maximum absolute atomic E-state index is 6.00. The zero-order valence-electron chi connectivity index (χ0n) is 21.5. The van der Waals surface area contributed by atoms with Gasteiger partial charge in [-0.15, -0.1) is 0 Å². The monoisotopic (exact) mass is 443 g/mol. The molecule has 2 aromatic rings. The molecule has 0 aliphatic rings. The summed E-state index contributed by atoms with van der Waals surface area (Å²) in [5, 5.41) is 0. The second-order valence-corrected chi connectivity index (χ2v) is 10.4. The van der Waals surface area contributed by atoms with Crippen LogP contribution in [0.5, 0.6) is 11.5 Å². The van der Waals surface area contributed by atoms with E-state index in [2.05, 4.69) is 84.6 Å². The van der Waals surface area contributed by atoms with Crippen LogP contribution in [-0.2, 0) is 20.3 Å². The minimum atomic E-state index is -0.000174. The van der Waals surface area contributed by atoms with Gasteiger partial charge in [0.2, 0.25) is 0 Å². The van der Waals surface area contributed by atoms with Crippen molar-refractivity contribution in [3.63, 3.8) is 0 Å². The van der Waals surface area contributed by atoms with Gasteiger partial charge in [-0.2, -0.15) is 0 Å². The van der Waals surface area contributed by atoms with Crippen LogP contribution >= 0.6 is 0 Å². The minimum Gasteiger partial charge on any atom is -0.465 e. The average Bonchev–Trinajstić information content (AvgIpc) is 2.70. The van der Waals surface area contributed by atoms with E-state index in [0.29, 0.717) is 0 Å². The van der Waals surface area contributed by atoms with Crippen molar-refractivity contribution in [3.8, 4) is 11.5 Å². The van der Waals surface area contributed by atoms with Gasteiger partial charge in [0, 0.05) is 20.3 Å². The summed E-state index contributed by atoms with van der Waals surface area (Å²) in [6, 6.07) is 12.9. The van der Waals surface area contributed by atoms with E-state index in [1.165, 1.54) is 11.1 Å². The Labute approximate surface area is 194 Å². The summed E-state index contributed by atoms with van der Waals surface area (Å²) in [4.78, 5) is 2.28. The van der Waals surface area contributed by atoms with Crippen molar-refractivity contribution in [3.05, 3.63) is 47.5 Å². The Bertz CT molecular complexity index is 809. The molecule has 2 aromatic carbocycles. The molecule has 0 fully saturated rings. The highest BCUT2D eigenvalue weighted by atomic mass is 16.7. The Hall–Kier alpha value is -2.24. The van der Waals surface area contributed by atoms with Crippen molar-refractivity contribution in [1.82, 2.24) is 0 Å². The number of methoxy groups -OCH3 is 2. The molecule has 0 spiro atoms. The molecule has 32 heavy (non-hydrogen) atoms. The van der Waals surface area contributed by atoms with E-state index in [4.69, 9.17) is 18.9 Å². The van der Waals surface area contributed by atoms with E-state index in [1.807, 2.05) is 12.1 Å². The van der Waals surface area contributed by atoms with Crippen LogP contribution in [0.2, 0.25) is 0 Å². The van der Waals surface area contributed by atoms with Crippen molar-refractivity contribution < 1.29 is 18.9 Å². The third kappa shape index (κ3) is 6.39. The van der Waals surface area contributed by atoms with Crippen LogP contribution < -0.4 is 14.4 Å². The minimum absolute atomic E-state index is 0.000174. The molecular weight excluding hydrogens is 402 g/mol. The first kappa shape index (κ1) is 26.0. The fourth-order valence-electron chi connectivity index (χ4n) is 3.52. The molecule has 0 bridgehead atoms. The van der Waals surface area contributed by atoms with Crippen LogP contribution in [0.15, 0.2) is 36.4 Å². The van der Waals surface area contributed by atoms with Crippen LogP contribution in [0.25, 0.3) is 0 Å². The van der Waals surface area contributed by atoms with Crippen molar-refractivity contribution in [2.24, 2.45) is 0 Å². The summed E-state index contributed by atoms with van der Waals surface area (Å²) in [5.41, 5.74) is 4.43. The Morgan fingerprint density at radius 3 is 1.34 bits per heavy atom. The highest BCUT2D eigenvalue weighted by molar-refractivity contribution is 5.75. The first-order valence-electron chi connectivity index (χ1n) is 11.2. The second kappa shape index (κ2) is 10.6. The van der Waals surface area contributed by atoms with Gasteiger partial charge < -0.3 is 23.8 Å². The van der Waals surface area contributed by atoms with Crippen LogP contribution in [0.4, 0.5) is 11.4 Å². The predicted octanol–water partition coefficient (Wildman–Crippen LogP) is 6.79. The zero-order chi connectivity index (χ0) is 24.1. The number of benzene rings is 2. The van der Waals surface area contributed by atoms with Gasteiger partial charge in [-0.1, -0.05) is 53.7 Å². The second-order valence-electron chi connectivity index (χ2n) is 10.4. The molecular formula is C27H41NO4. The molecule has 5 heteroatoms. The number of ether oxygens (including phenoxy) is 4. The molecule has 0 aliphatic heterocycles. The number of hydrogen-bond donors (Lipinski definition) is 0. The lowest BCUT2D eigenvalue weighted by molar-refractivity contribution is 0.0509. The van der Waals surface area contributed by atoms with E-state index >= 15 is 0 Å². The predicted molar refractivity (Wildman–Crippen MR) is 133 cm³/mol. The van der Waals surface area contributed by atoms with Gasteiger partial charge in [0.25, 0.3) is 0 Å². The Kier molecular flexibility index (Phi) is 8.60. The summed E-state index contributed by atoms with van der Waals surface area (Å²) in [5.74, 6) is 1.54. The molecule has 5 nitrogen and oxygen atoms in total. The van der Waals surface area contributed by atoms with Crippen molar-refractivity contribution in [1.29, 1.82) is 0 Å². The molecule has 0 aromatic heterocycles. The van der Waals surface area contributed by atoms with Gasteiger partial charge in [0.1, 0.15) is 11.5 Å². The molecule has 0 heterocycles. The molecule has 2 rings (SSSR count). The molecule has 0 unspecified atom stereocenters. The van der Waals surface area contributed by atoms with Crippen LogP contribution in [0.3, 0.4) is 0 Å². The smallest absolute Gasteiger partial charge is 0.188 e. The first-order valence-corrected chi connectivity index (χ1v) is 11.2. The maximum atomic E-state index is 6.00. The Morgan fingerprint density at radius 2 is 1.06 bits per heavy atom. The quantitative estimate of drug-likeness (QED) is 0.399. The lowest BCUT2D eigenvalue weighted by Gasteiger charge is -2.34. The van der Waals surface area contributed by atoms with E-state index < -0.39 is 0 Å². The number of anilines is 2. The molecule has 0 aliphatic carbocycles. The van der Waals surface area contributed by atoms with Crippen LogP contribution in [0.1, 0.15) is 66.5 Å². The summed E-state index contributed by atoms with van der Waals surface area (Å²) in [6.45, 7) is 18.0. The van der Waals surface area contributed by atoms with E-state index in [9.17, 15) is 0 Å². The molecule has 0 saturated heterocycles. The number of hydrogen-bond acceptors (Lipinski definition) is 5. The topological polar surface area (TPSA) is 40.2 Å². The van der Waals surface area contributed by atoms with Gasteiger partial charge >= 0.3 is 0 Å². The van der Waals surface area contributed by atoms with Crippen LogP contribution in [0, 0.1) is 0 Å². The van der Waals surface area contributed by atoms with Gasteiger partial charge in [0.15, 0.2) is 13.6 Å². The Balaban J connectivity index is 2.77. The van der Waals surface area contributed by atoms with E-state index in [0.717, 1.165) is 22.9 Å². The van der Waals surface area contributed by atoms with Gasteiger partial charge in [-0.25, -0.2) is 0 Å². The highest BCUT2D eigenvalue weighted by Gasteiger charge is 2.26. The third-order valence-corrected chi connectivity index (χ3v) is 5.35. The summed E-state index contributed by atoms with van der Waals surface area (Å²) >= 11 is 0. The highest BCUT2D eigenvalue weighted by Crippen LogP contribution is 2.44. The molecule has 0 amide bonds. The molecule has 0 radical (unpaired) electrons. The fourth-order valence-corrected chi connectivity index (χ4v) is 3.52. The number of nitrogens with zero attached hydrogens (tertiary/aromatic N) is 1. The SMILES string of the molecule is COCOc1ccc(C(C)(C)C)cc1N(c1cc(C(C)(C)C)ccc1OCOC)C(C)C. The van der Waals surface area contributed by atoms with Crippen molar-refractivity contribution in [2.75, 3.05) is 32.7 Å². The zero-order valence-corrected chi connectivity index (χ0v) is 21.5. The maximum Gasteiger partial charge on any atom is 0.188 e. The summed E-state index contributed by atoms with van der Waals surface area (Å²) in [7, 11) is 3.26.